The van der Waals surface area contributed by atoms with Gasteiger partial charge in [0, 0.05) is 36.2 Å². The van der Waals surface area contributed by atoms with Crippen molar-refractivity contribution in [1.29, 1.82) is 0 Å². The fraction of sp³-hybridized carbons (Fsp3) is 0.562. The van der Waals surface area contributed by atoms with Crippen LogP contribution in [0, 0.1) is 17.8 Å². The molecule has 0 unspecified atom stereocenters. The number of piperidine rings is 1. The fourth-order valence-corrected chi connectivity index (χ4v) is 5.93. The molecule has 2 aliphatic rings. The Labute approximate surface area is 241 Å². The fourth-order valence-electron chi connectivity index (χ4n) is 5.93. The van der Waals surface area contributed by atoms with Gasteiger partial charge in [0.15, 0.2) is 5.78 Å². The molecule has 0 spiro atoms. The molecule has 3 amide bonds. The molecule has 1 saturated heterocycles. The van der Waals surface area contributed by atoms with Crippen LogP contribution < -0.4 is 16.0 Å². The molecule has 0 radical (unpaired) electrons. The number of rotatable bonds is 12. The van der Waals surface area contributed by atoms with Gasteiger partial charge >= 0.3 is 0 Å². The van der Waals surface area contributed by atoms with Gasteiger partial charge in [0.25, 0.3) is 5.91 Å². The van der Waals surface area contributed by atoms with Crippen LogP contribution in [-0.4, -0.2) is 52.9 Å². The molecule has 3 atom stereocenters. The molecular weight excluding hydrogens is 520 g/mol. The first-order valence-corrected chi connectivity index (χ1v) is 15.0. The van der Waals surface area contributed by atoms with E-state index in [-0.39, 0.29) is 42.2 Å². The molecule has 2 heterocycles. The van der Waals surface area contributed by atoms with E-state index in [4.69, 9.17) is 0 Å². The van der Waals surface area contributed by atoms with Crippen molar-refractivity contribution in [2.75, 3.05) is 6.54 Å². The third kappa shape index (κ3) is 8.44. The van der Waals surface area contributed by atoms with Crippen LogP contribution in [0.15, 0.2) is 36.4 Å². The second-order valence-corrected chi connectivity index (χ2v) is 11.9. The topological polar surface area (TPSA) is 134 Å². The number of ketones is 2. The standard InChI is InChI=1S/C32H42N4O5/c1-20(2)17-23(19-28(37)26-15-14-21-9-6-7-13-25(21)35-26)31(40)36-27(18-22-10-8-16-33-30(22)39)29(38)32(41)34-24-11-4-3-5-12-24/h6-7,9,13-15,20,22-24,27H,3-5,8,10-12,16-19H2,1-2H3,(H,33,39)(H,34,41)(H,36,40)/t22-,23+,27-/m0/s1. The van der Waals surface area contributed by atoms with Crippen LogP contribution >= 0.6 is 0 Å². The average molecular weight is 563 g/mol. The molecule has 41 heavy (non-hydrogen) atoms. The molecule has 2 aromatic rings. The van der Waals surface area contributed by atoms with Crippen LogP contribution in [0.25, 0.3) is 10.9 Å². The average Bonchev–Trinajstić information content (AvgIpc) is 2.97. The van der Waals surface area contributed by atoms with E-state index in [2.05, 4.69) is 20.9 Å². The number of amides is 3. The summed E-state index contributed by atoms with van der Waals surface area (Å²) < 4.78 is 0. The molecular formula is C32H42N4O5. The first-order chi connectivity index (χ1) is 19.7. The lowest BCUT2D eigenvalue weighted by atomic mass is 9.87. The van der Waals surface area contributed by atoms with Crippen LogP contribution in [-0.2, 0) is 19.2 Å². The van der Waals surface area contributed by atoms with Gasteiger partial charge in [0.05, 0.1) is 11.6 Å². The molecule has 1 saturated carbocycles. The molecule has 1 aliphatic heterocycles. The van der Waals surface area contributed by atoms with E-state index in [1.807, 2.05) is 44.2 Å². The summed E-state index contributed by atoms with van der Waals surface area (Å²) in [5.41, 5.74) is 0.979. The summed E-state index contributed by atoms with van der Waals surface area (Å²) in [5, 5.41) is 9.37. The highest BCUT2D eigenvalue weighted by atomic mass is 16.2. The molecule has 3 N–H and O–H groups in total. The van der Waals surface area contributed by atoms with Crippen molar-refractivity contribution >= 4 is 40.2 Å². The van der Waals surface area contributed by atoms with Crippen molar-refractivity contribution in [3.63, 3.8) is 0 Å². The predicted octanol–water partition coefficient (Wildman–Crippen LogP) is 3.89. The number of Topliss-reactive ketones (excluding diaryl/α,β-unsaturated/α-hetero) is 2. The van der Waals surface area contributed by atoms with Gasteiger partial charge in [-0.15, -0.1) is 0 Å². The van der Waals surface area contributed by atoms with E-state index in [9.17, 15) is 24.0 Å². The van der Waals surface area contributed by atoms with E-state index in [0.717, 1.165) is 43.9 Å². The summed E-state index contributed by atoms with van der Waals surface area (Å²) >= 11 is 0. The van der Waals surface area contributed by atoms with Gasteiger partial charge in [-0.3, -0.25) is 24.0 Å². The summed E-state index contributed by atoms with van der Waals surface area (Å²) in [4.78, 5) is 70.3. The zero-order valence-corrected chi connectivity index (χ0v) is 24.1. The van der Waals surface area contributed by atoms with E-state index < -0.39 is 35.5 Å². The van der Waals surface area contributed by atoms with E-state index >= 15 is 0 Å². The Hall–Kier alpha value is -3.62. The summed E-state index contributed by atoms with van der Waals surface area (Å²) in [6.07, 6.45) is 6.49. The van der Waals surface area contributed by atoms with Gasteiger partial charge in [0.1, 0.15) is 5.69 Å². The molecule has 9 heteroatoms. The number of nitrogens with one attached hydrogen (secondary N) is 3. The Morgan fingerprint density at radius 1 is 0.976 bits per heavy atom. The quantitative estimate of drug-likeness (QED) is 0.265. The van der Waals surface area contributed by atoms with Crippen molar-refractivity contribution in [3.05, 3.63) is 42.1 Å². The first kappa shape index (κ1) is 30.3. The van der Waals surface area contributed by atoms with E-state index in [1.165, 1.54) is 0 Å². The number of hydrogen-bond donors (Lipinski definition) is 3. The van der Waals surface area contributed by atoms with Crippen LogP contribution in [0.4, 0.5) is 0 Å². The van der Waals surface area contributed by atoms with Gasteiger partial charge in [-0.05, 0) is 56.6 Å². The number of hydrogen-bond acceptors (Lipinski definition) is 6. The van der Waals surface area contributed by atoms with E-state index in [1.54, 1.807) is 6.07 Å². The largest absolute Gasteiger partial charge is 0.356 e. The highest BCUT2D eigenvalue weighted by molar-refractivity contribution is 6.38. The predicted molar refractivity (Wildman–Crippen MR) is 156 cm³/mol. The first-order valence-electron chi connectivity index (χ1n) is 15.0. The SMILES string of the molecule is CC(C)C[C@H](CC(=O)c1ccc2ccccc2n1)C(=O)N[C@@H](C[C@@H]1CCCNC1=O)C(=O)C(=O)NC1CCCCC1. The molecule has 1 aromatic carbocycles. The highest BCUT2D eigenvalue weighted by Crippen LogP contribution is 2.23. The number of carbonyl (C=O) groups is 5. The Morgan fingerprint density at radius 3 is 2.46 bits per heavy atom. The van der Waals surface area contributed by atoms with Gasteiger partial charge in [0.2, 0.25) is 17.6 Å². The van der Waals surface area contributed by atoms with Gasteiger partial charge in [-0.1, -0.05) is 57.4 Å². The number of para-hydroxylation sites is 1. The maximum Gasteiger partial charge on any atom is 0.289 e. The third-order valence-electron chi connectivity index (χ3n) is 8.16. The van der Waals surface area contributed by atoms with Crippen molar-refractivity contribution in [3.8, 4) is 0 Å². The zero-order valence-electron chi connectivity index (χ0n) is 24.1. The summed E-state index contributed by atoms with van der Waals surface area (Å²) in [6, 6.07) is 9.80. The molecule has 220 valence electrons. The third-order valence-corrected chi connectivity index (χ3v) is 8.16. The lowest BCUT2D eigenvalue weighted by molar-refractivity contribution is -0.142. The second kappa shape index (κ2) is 14.3. The van der Waals surface area contributed by atoms with Crippen LogP contribution in [0.5, 0.6) is 0 Å². The number of fused-ring (bicyclic) bond motifs is 1. The lowest BCUT2D eigenvalue weighted by Gasteiger charge is -2.28. The smallest absolute Gasteiger partial charge is 0.289 e. The number of pyridine rings is 1. The number of carbonyl (C=O) groups excluding carboxylic acids is 5. The Bertz CT molecular complexity index is 1270. The van der Waals surface area contributed by atoms with Gasteiger partial charge in [-0.2, -0.15) is 0 Å². The van der Waals surface area contributed by atoms with Crippen LogP contribution in [0.2, 0.25) is 0 Å². The van der Waals surface area contributed by atoms with Gasteiger partial charge in [-0.25, -0.2) is 4.98 Å². The number of benzene rings is 1. The zero-order chi connectivity index (χ0) is 29.4. The molecule has 2 fully saturated rings. The molecule has 1 aromatic heterocycles. The van der Waals surface area contributed by atoms with Crippen molar-refractivity contribution in [1.82, 2.24) is 20.9 Å². The van der Waals surface area contributed by atoms with Crippen LogP contribution in [0.1, 0.15) is 88.5 Å². The Morgan fingerprint density at radius 2 is 1.73 bits per heavy atom. The monoisotopic (exact) mass is 562 g/mol. The Balaban J connectivity index is 1.49. The number of nitrogens with zero attached hydrogens (tertiary/aromatic N) is 1. The Kier molecular flexibility index (Phi) is 10.6. The second-order valence-electron chi connectivity index (χ2n) is 11.9. The van der Waals surface area contributed by atoms with Crippen LogP contribution in [0.3, 0.4) is 0 Å². The summed E-state index contributed by atoms with van der Waals surface area (Å²) in [7, 11) is 0. The van der Waals surface area contributed by atoms with E-state index in [0.29, 0.717) is 24.9 Å². The highest BCUT2D eigenvalue weighted by Gasteiger charge is 2.36. The molecule has 4 rings (SSSR count). The molecule has 1 aliphatic carbocycles. The summed E-state index contributed by atoms with van der Waals surface area (Å²) in [5.74, 6) is -3.46. The molecule has 0 bridgehead atoms. The lowest BCUT2D eigenvalue weighted by Crippen LogP contribution is -2.53. The van der Waals surface area contributed by atoms with Crippen molar-refractivity contribution < 1.29 is 24.0 Å². The maximum absolute atomic E-state index is 13.6. The molecule has 9 nitrogen and oxygen atoms in total. The summed E-state index contributed by atoms with van der Waals surface area (Å²) in [6.45, 7) is 4.50. The minimum absolute atomic E-state index is 0.0447. The number of aromatic nitrogens is 1. The normalized spacial score (nSPS) is 19.3. The van der Waals surface area contributed by atoms with Gasteiger partial charge < -0.3 is 16.0 Å². The van der Waals surface area contributed by atoms with Crippen molar-refractivity contribution in [2.24, 2.45) is 17.8 Å². The van der Waals surface area contributed by atoms with Crippen molar-refractivity contribution in [2.45, 2.75) is 90.1 Å². The maximum atomic E-state index is 13.6. The minimum Gasteiger partial charge on any atom is -0.356 e. The minimum atomic E-state index is -1.15.